The number of aliphatic hydroxyl groups excluding tert-OH is 1. The number of carbonyl (C=O) groups is 1. The van der Waals surface area contributed by atoms with Crippen molar-refractivity contribution in [3.05, 3.63) is 54.6 Å². The average molecular weight is 528 g/mol. The highest BCUT2D eigenvalue weighted by molar-refractivity contribution is 5.91. The summed E-state index contributed by atoms with van der Waals surface area (Å²) in [6, 6.07) is 18.4. The van der Waals surface area contributed by atoms with Gasteiger partial charge in [0.05, 0.1) is 0 Å². The summed E-state index contributed by atoms with van der Waals surface area (Å²) in [5.74, 6) is 0.713. The van der Waals surface area contributed by atoms with Gasteiger partial charge in [0.2, 0.25) is 5.91 Å². The molecule has 0 aliphatic carbocycles. The number of hydrogen-bond donors (Lipinski definition) is 2. The van der Waals surface area contributed by atoms with Gasteiger partial charge in [0, 0.05) is 70.2 Å². The molecule has 1 fully saturated rings. The molecule has 0 spiro atoms. The molecule has 9 heteroatoms. The number of nitrogens with zero attached hydrogens (tertiary/aromatic N) is 3. The summed E-state index contributed by atoms with van der Waals surface area (Å²) in [7, 11) is 0. The van der Waals surface area contributed by atoms with Crippen molar-refractivity contribution in [2.75, 3.05) is 62.2 Å². The number of ether oxygens (including phenoxy) is 1. The van der Waals surface area contributed by atoms with Gasteiger partial charge in [0.25, 0.3) is 0 Å². The molecule has 3 rings (SSSR count). The quantitative estimate of drug-likeness (QED) is 0.467. The van der Waals surface area contributed by atoms with Crippen LogP contribution in [-0.2, 0) is 4.79 Å². The van der Waals surface area contributed by atoms with Crippen molar-refractivity contribution >= 4 is 42.1 Å². The molecule has 2 aromatic carbocycles. The highest BCUT2D eigenvalue weighted by Crippen LogP contribution is 2.21. The first kappa shape index (κ1) is 31.0. The van der Waals surface area contributed by atoms with Crippen LogP contribution in [0.4, 0.5) is 11.4 Å². The van der Waals surface area contributed by atoms with Gasteiger partial charge in [-0.05, 0) is 36.4 Å². The molecule has 0 radical (unpaired) electrons. The van der Waals surface area contributed by atoms with Gasteiger partial charge in [-0.25, -0.2) is 0 Å². The predicted octanol–water partition coefficient (Wildman–Crippen LogP) is 3.44. The van der Waals surface area contributed by atoms with E-state index < -0.39 is 6.10 Å². The molecule has 1 heterocycles. The SMILES string of the molecule is CC(=O)N(CCN1CCN(c2ccccc2)CC1)c1ccc(OCC(O)CNC(C)C)cc1.Cl.Cl. The normalized spacial score (nSPS) is 14.6. The maximum atomic E-state index is 12.3. The summed E-state index contributed by atoms with van der Waals surface area (Å²) < 4.78 is 5.69. The zero-order valence-corrected chi connectivity index (χ0v) is 22.6. The van der Waals surface area contributed by atoms with Crippen molar-refractivity contribution in [2.45, 2.75) is 32.9 Å². The number of carbonyl (C=O) groups excluding carboxylic acids is 1. The molecule has 2 aromatic rings. The van der Waals surface area contributed by atoms with Crippen LogP contribution in [0.15, 0.2) is 54.6 Å². The molecular weight excluding hydrogens is 487 g/mol. The van der Waals surface area contributed by atoms with E-state index in [-0.39, 0.29) is 37.3 Å². The minimum Gasteiger partial charge on any atom is -0.491 e. The lowest BCUT2D eigenvalue weighted by Crippen LogP contribution is -2.49. The Morgan fingerprint density at radius 2 is 1.66 bits per heavy atom. The van der Waals surface area contributed by atoms with Gasteiger partial charge in [-0.1, -0.05) is 32.0 Å². The maximum Gasteiger partial charge on any atom is 0.223 e. The molecule has 1 atom stereocenters. The van der Waals surface area contributed by atoms with E-state index in [0.29, 0.717) is 24.9 Å². The van der Waals surface area contributed by atoms with Gasteiger partial charge in [-0.15, -0.1) is 24.8 Å². The number of nitrogens with one attached hydrogen (secondary N) is 1. The highest BCUT2D eigenvalue weighted by Gasteiger charge is 2.19. The highest BCUT2D eigenvalue weighted by atomic mass is 35.5. The van der Waals surface area contributed by atoms with Gasteiger partial charge in [-0.2, -0.15) is 0 Å². The third kappa shape index (κ3) is 10.2. The van der Waals surface area contributed by atoms with Crippen molar-refractivity contribution in [3.63, 3.8) is 0 Å². The lowest BCUT2D eigenvalue weighted by atomic mass is 10.2. The molecule has 1 unspecified atom stereocenters. The molecule has 1 amide bonds. The van der Waals surface area contributed by atoms with E-state index in [1.165, 1.54) is 5.69 Å². The first-order valence-corrected chi connectivity index (χ1v) is 11.9. The van der Waals surface area contributed by atoms with E-state index >= 15 is 0 Å². The summed E-state index contributed by atoms with van der Waals surface area (Å²) in [4.78, 5) is 18.9. The number of aliphatic hydroxyl groups is 1. The van der Waals surface area contributed by atoms with Crippen molar-refractivity contribution in [1.29, 1.82) is 0 Å². The molecule has 0 aromatic heterocycles. The van der Waals surface area contributed by atoms with Crippen LogP contribution in [0.2, 0.25) is 0 Å². The van der Waals surface area contributed by atoms with Crippen LogP contribution in [-0.4, -0.2) is 80.5 Å². The maximum absolute atomic E-state index is 12.3. The van der Waals surface area contributed by atoms with E-state index in [0.717, 1.165) is 38.4 Å². The smallest absolute Gasteiger partial charge is 0.223 e. The molecule has 196 valence electrons. The van der Waals surface area contributed by atoms with Gasteiger partial charge in [0.1, 0.15) is 18.5 Å². The van der Waals surface area contributed by atoms with Crippen molar-refractivity contribution in [1.82, 2.24) is 10.2 Å². The summed E-state index contributed by atoms with van der Waals surface area (Å²) in [5.41, 5.74) is 2.13. The fraction of sp³-hybridized carbons (Fsp3) is 0.500. The van der Waals surface area contributed by atoms with Gasteiger partial charge in [0.15, 0.2) is 0 Å². The monoisotopic (exact) mass is 526 g/mol. The van der Waals surface area contributed by atoms with E-state index in [1.54, 1.807) is 6.92 Å². The third-order valence-corrected chi connectivity index (χ3v) is 5.87. The van der Waals surface area contributed by atoms with Gasteiger partial charge >= 0.3 is 0 Å². The first-order valence-electron chi connectivity index (χ1n) is 11.9. The predicted molar refractivity (Wildman–Crippen MR) is 149 cm³/mol. The van der Waals surface area contributed by atoms with Gasteiger partial charge in [-0.3, -0.25) is 9.69 Å². The number of benzene rings is 2. The van der Waals surface area contributed by atoms with E-state index in [1.807, 2.05) is 49.1 Å². The van der Waals surface area contributed by atoms with Crippen LogP contribution in [0.1, 0.15) is 20.8 Å². The Bertz CT molecular complexity index is 847. The first-order chi connectivity index (χ1) is 15.9. The summed E-state index contributed by atoms with van der Waals surface area (Å²) in [5, 5.41) is 13.2. The topological polar surface area (TPSA) is 68.3 Å². The Labute approximate surface area is 222 Å². The summed E-state index contributed by atoms with van der Waals surface area (Å²) in [6.07, 6.45) is -0.567. The number of para-hydroxylation sites is 1. The Morgan fingerprint density at radius 1 is 1.03 bits per heavy atom. The second kappa shape index (κ2) is 15.9. The summed E-state index contributed by atoms with van der Waals surface area (Å²) >= 11 is 0. The molecule has 0 saturated carbocycles. The molecule has 1 aliphatic rings. The lowest BCUT2D eigenvalue weighted by Gasteiger charge is -2.37. The second-order valence-corrected chi connectivity index (χ2v) is 8.86. The van der Waals surface area contributed by atoms with Crippen LogP contribution in [0.25, 0.3) is 0 Å². The number of halogens is 2. The van der Waals surface area contributed by atoms with Crippen molar-refractivity contribution in [2.24, 2.45) is 0 Å². The minimum absolute atomic E-state index is 0. The molecule has 0 bridgehead atoms. The van der Waals surface area contributed by atoms with Crippen molar-refractivity contribution < 1.29 is 14.6 Å². The van der Waals surface area contributed by atoms with Gasteiger partial charge < -0.3 is 25.0 Å². The van der Waals surface area contributed by atoms with E-state index in [2.05, 4.69) is 39.4 Å². The van der Waals surface area contributed by atoms with E-state index in [4.69, 9.17) is 4.74 Å². The summed E-state index contributed by atoms with van der Waals surface area (Å²) in [6.45, 7) is 11.9. The Morgan fingerprint density at radius 3 is 2.23 bits per heavy atom. The van der Waals surface area contributed by atoms with Crippen LogP contribution in [0.5, 0.6) is 5.75 Å². The Kier molecular flexibility index (Phi) is 14.0. The number of amides is 1. The number of rotatable bonds is 11. The second-order valence-electron chi connectivity index (χ2n) is 8.86. The average Bonchev–Trinajstić information content (AvgIpc) is 2.83. The lowest BCUT2D eigenvalue weighted by molar-refractivity contribution is -0.116. The molecular formula is C26H40Cl2N4O3. The fourth-order valence-electron chi connectivity index (χ4n) is 3.92. The number of piperazine rings is 1. The standard InChI is InChI=1S/C26H38N4O3.2ClH/c1-21(2)27-19-25(32)20-33-26-11-9-24(10-12-26)30(22(3)31)18-15-28-13-16-29(17-14-28)23-7-5-4-6-8-23;;/h4-12,21,25,27,32H,13-20H2,1-3H3;2*1H. The third-order valence-electron chi connectivity index (χ3n) is 5.87. The molecule has 2 N–H and O–H groups in total. The van der Waals surface area contributed by atoms with Crippen LogP contribution >= 0.6 is 24.8 Å². The van der Waals surface area contributed by atoms with Crippen LogP contribution in [0, 0.1) is 0 Å². The Balaban J connectivity index is 0.00000306. The largest absolute Gasteiger partial charge is 0.491 e. The number of anilines is 2. The molecule has 35 heavy (non-hydrogen) atoms. The van der Waals surface area contributed by atoms with Crippen LogP contribution in [0.3, 0.4) is 0 Å². The van der Waals surface area contributed by atoms with E-state index in [9.17, 15) is 9.90 Å². The molecule has 1 saturated heterocycles. The molecule has 1 aliphatic heterocycles. The van der Waals surface area contributed by atoms with Crippen LogP contribution < -0.4 is 19.9 Å². The zero-order valence-electron chi connectivity index (χ0n) is 20.9. The van der Waals surface area contributed by atoms with Crippen molar-refractivity contribution in [3.8, 4) is 5.75 Å². The number of hydrogen-bond acceptors (Lipinski definition) is 6. The Hall–Kier alpha value is -2.03. The molecule has 7 nitrogen and oxygen atoms in total. The fourth-order valence-corrected chi connectivity index (χ4v) is 3.92. The zero-order chi connectivity index (χ0) is 23.6. The minimum atomic E-state index is -0.567.